The summed E-state index contributed by atoms with van der Waals surface area (Å²) in [6.07, 6.45) is 0.799. The van der Waals surface area contributed by atoms with Gasteiger partial charge in [0.05, 0.1) is 10.9 Å². The quantitative estimate of drug-likeness (QED) is 0.413. The van der Waals surface area contributed by atoms with Crippen molar-refractivity contribution in [2.75, 3.05) is 25.1 Å². The number of rotatable bonds is 6. The van der Waals surface area contributed by atoms with Crippen molar-refractivity contribution in [3.63, 3.8) is 0 Å². The van der Waals surface area contributed by atoms with Gasteiger partial charge in [-0.3, -0.25) is 0 Å². The molecule has 8 heteroatoms. The number of anilines is 1. The van der Waals surface area contributed by atoms with E-state index in [0.29, 0.717) is 25.6 Å². The number of aromatic carboxylic acids is 1. The van der Waals surface area contributed by atoms with E-state index < -0.39 is 5.97 Å². The normalized spacial score (nSPS) is 12.7. The van der Waals surface area contributed by atoms with Crippen molar-refractivity contribution in [3.8, 4) is 22.9 Å². The number of thiophene rings is 1. The van der Waals surface area contributed by atoms with Gasteiger partial charge >= 0.3 is 5.97 Å². The molecule has 0 bridgehead atoms. The average molecular weight is 462 g/mol. The molecular formula is C25H23N3O4S. The molecule has 33 heavy (non-hydrogen) atoms. The molecule has 0 unspecified atom stereocenters. The predicted octanol–water partition coefficient (Wildman–Crippen LogP) is 5.10. The molecule has 0 fully saturated rings. The van der Waals surface area contributed by atoms with Gasteiger partial charge in [0.2, 0.25) is 0 Å². The average Bonchev–Trinajstić information content (AvgIpc) is 3.12. The molecule has 5 rings (SSSR count). The Morgan fingerprint density at radius 1 is 1.06 bits per heavy atom. The largest absolute Gasteiger partial charge is 0.486 e. The van der Waals surface area contributed by atoms with Crippen LogP contribution in [-0.2, 0) is 6.42 Å². The van der Waals surface area contributed by atoms with Crippen molar-refractivity contribution < 1.29 is 19.4 Å². The van der Waals surface area contributed by atoms with Crippen LogP contribution in [0.4, 0.5) is 5.82 Å². The van der Waals surface area contributed by atoms with Gasteiger partial charge in [0.1, 0.15) is 23.9 Å². The van der Waals surface area contributed by atoms with E-state index in [1.54, 1.807) is 35.6 Å². The summed E-state index contributed by atoms with van der Waals surface area (Å²) in [5.74, 6) is 1.99. The smallest absolute Gasteiger partial charge is 0.335 e. The summed E-state index contributed by atoms with van der Waals surface area (Å²) in [6, 6.07) is 12.7. The molecule has 0 saturated carbocycles. The van der Waals surface area contributed by atoms with E-state index in [0.717, 1.165) is 45.1 Å². The van der Waals surface area contributed by atoms with E-state index in [2.05, 4.69) is 25.2 Å². The van der Waals surface area contributed by atoms with Crippen LogP contribution in [0.3, 0.4) is 0 Å². The van der Waals surface area contributed by atoms with Crippen LogP contribution in [-0.4, -0.2) is 40.8 Å². The van der Waals surface area contributed by atoms with Gasteiger partial charge in [-0.2, -0.15) is 0 Å². The fraction of sp³-hybridized carbons (Fsp3) is 0.240. The first-order chi connectivity index (χ1) is 16.0. The monoisotopic (exact) mass is 461 g/mol. The van der Waals surface area contributed by atoms with E-state index in [4.69, 9.17) is 24.5 Å². The fourth-order valence-corrected chi connectivity index (χ4v) is 4.87. The van der Waals surface area contributed by atoms with Gasteiger partial charge < -0.3 is 19.9 Å². The highest BCUT2D eigenvalue weighted by Gasteiger charge is 2.16. The minimum absolute atomic E-state index is 0.236. The van der Waals surface area contributed by atoms with Gasteiger partial charge in [0.25, 0.3) is 0 Å². The van der Waals surface area contributed by atoms with E-state index in [9.17, 15) is 4.79 Å². The number of fused-ring (bicyclic) bond motifs is 2. The van der Waals surface area contributed by atoms with Crippen molar-refractivity contribution >= 4 is 33.3 Å². The number of carboxylic acid groups (broad SMARTS) is 1. The van der Waals surface area contributed by atoms with Crippen LogP contribution < -0.4 is 14.8 Å². The number of aryl methyl sites for hydroxylation is 2. The molecule has 1 aliphatic heterocycles. The first kappa shape index (κ1) is 21.2. The molecule has 3 heterocycles. The number of nitrogens with zero attached hydrogens (tertiary/aromatic N) is 2. The number of aromatic nitrogens is 2. The second kappa shape index (κ2) is 8.71. The summed E-state index contributed by atoms with van der Waals surface area (Å²) in [7, 11) is 0. The third-order valence-electron chi connectivity index (χ3n) is 5.73. The Hall–Kier alpha value is -3.65. The maximum absolute atomic E-state index is 11.2. The van der Waals surface area contributed by atoms with Crippen molar-refractivity contribution in [2.45, 2.75) is 20.3 Å². The molecule has 2 aromatic carbocycles. The summed E-state index contributed by atoms with van der Waals surface area (Å²) < 4.78 is 11.3. The molecule has 0 atom stereocenters. The molecule has 2 aromatic heterocycles. The van der Waals surface area contributed by atoms with Crippen molar-refractivity contribution in [1.82, 2.24) is 9.97 Å². The van der Waals surface area contributed by atoms with Crippen molar-refractivity contribution in [2.24, 2.45) is 0 Å². The Bertz CT molecular complexity index is 1350. The first-order valence-corrected chi connectivity index (χ1v) is 11.5. The number of hydrogen-bond donors (Lipinski definition) is 2. The lowest BCUT2D eigenvalue weighted by Crippen LogP contribution is -2.15. The number of ether oxygens (including phenoxy) is 2. The van der Waals surface area contributed by atoms with Gasteiger partial charge in [-0.1, -0.05) is 18.2 Å². The number of carbonyl (C=O) groups is 1. The first-order valence-electron chi connectivity index (χ1n) is 10.7. The van der Waals surface area contributed by atoms with Crippen LogP contribution in [0, 0.1) is 13.8 Å². The van der Waals surface area contributed by atoms with Crippen molar-refractivity contribution in [3.05, 3.63) is 64.0 Å². The van der Waals surface area contributed by atoms with Gasteiger partial charge in [-0.05, 0) is 55.7 Å². The zero-order valence-corrected chi connectivity index (χ0v) is 19.2. The molecule has 2 N–H and O–H groups in total. The Kier molecular flexibility index (Phi) is 5.60. The summed E-state index contributed by atoms with van der Waals surface area (Å²) in [5, 5.41) is 13.7. The maximum atomic E-state index is 11.2. The van der Waals surface area contributed by atoms with E-state index in [1.165, 1.54) is 10.4 Å². The molecule has 0 radical (unpaired) electrons. The molecule has 0 aliphatic carbocycles. The topological polar surface area (TPSA) is 93.6 Å². The minimum Gasteiger partial charge on any atom is -0.486 e. The Balaban J connectivity index is 1.42. The number of carboxylic acids is 1. The third-order valence-corrected chi connectivity index (χ3v) is 6.83. The zero-order chi connectivity index (χ0) is 22.9. The van der Waals surface area contributed by atoms with Crippen LogP contribution in [0.1, 0.15) is 26.4 Å². The lowest BCUT2D eigenvalue weighted by molar-refractivity contribution is 0.0697. The lowest BCUT2D eigenvalue weighted by atomic mass is 10.1. The van der Waals surface area contributed by atoms with Gasteiger partial charge in [-0.25, -0.2) is 14.8 Å². The van der Waals surface area contributed by atoms with Crippen LogP contribution in [0.5, 0.6) is 11.5 Å². The SMILES string of the molecule is Cc1sc2nc(-c3ccc(C(=O)O)cc3)nc(NCCc3ccc4c(c3)OCCO4)c2c1C. The molecule has 7 nitrogen and oxygen atoms in total. The third kappa shape index (κ3) is 4.21. The van der Waals surface area contributed by atoms with Crippen LogP contribution in [0.15, 0.2) is 42.5 Å². The fourth-order valence-electron chi connectivity index (χ4n) is 3.84. The molecule has 1 aliphatic rings. The minimum atomic E-state index is -0.955. The highest BCUT2D eigenvalue weighted by molar-refractivity contribution is 7.18. The van der Waals surface area contributed by atoms with Gasteiger partial charge in [-0.15, -0.1) is 11.3 Å². The summed E-state index contributed by atoms with van der Waals surface area (Å²) in [4.78, 5) is 22.9. The Morgan fingerprint density at radius 3 is 2.58 bits per heavy atom. The van der Waals surface area contributed by atoms with E-state index in [1.807, 2.05) is 12.1 Å². The maximum Gasteiger partial charge on any atom is 0.335 e. The molecule has 4 aromatic rings. The number of benzene rings is 2. The Labute approximate surface area is 195 Å². The van der Waals surface area contributed by atoms with Gasteiger partial charge in [0, 0.05) is 17.0 Å². The summed E-state index contributed by atoms with van der Waals surface area (Å²) >= 11 is 1.64. The predicted molar refractivity (Wildman–Crippen MR) is 129 cm³/mol. The van der Waals surface area contributed by atoms with E-state index >= 15 is 0 Å². The van der Waals surface area contributed by atoms with Gasteiger partial charge in [0.15, 0.2) is 17.3 Å². The number of hydrogen-bond acceptors (Lipinski definition) is 7. The van der Waals surface area contributed by atoms with Crippen LogP contribution in [0.25, 0.3) is 21.6 Å². The van der Waals surface area contributed by atoms with Crippen molar-refractivity contribution in [1.29, 1.82) is 0 Å². The zero-order valence-electron chi connectivity index (χ0n) is 18.3. The second-order valence-corrected chi connectivity index (χ2v) is 9.10. The molecule has 0 amide bonds. The van der Waals surface area contributed by atoms with E-state index in [-0.39, 0.29) is 5.56 Å². The standard InChI is InChI=1S/C25H23N3O4S/c1-14-15(2)33-24-21(14)23(27-22(28-24)17-4-6-18(7-5-17)25(29)30)26-10-9-16-3-8-19-20(13-16)32-12-11-31-19/h3-8,13H,9-12H2,1-2H3,(H,29,30)(H,26,27,28). The van der Waals surface area contributed by atoms with Crippen LogP contribution in [0.2, 0.25) is 0 Å². The highest BCUT2D eigenvalue weighted by Crippen LogP contribution is 2.35. The summed E-state index contributed by atoms with van der Waals surface area (Å²) in [6.45, 7) is 6.02. The molecule has 0 saturated heterocycles. The number of nitrogens with one attached hydrogen (secondary N) is 1. The molecule has 0 spiro atoms. The second-order valence-electron chi connectivity index (χ2n) is 7.90. The lowest BCUT2D eigenvalue weighted by Gasteiger charge is -2.19. The molecular weight excluding hydrogens is 438 g/mol. The highest BCUT2D eigenvalue weighted by atomic mass is 32.1. The Morgan fingerprint density at radius 2 is 1.82 bits per heavy atom. The van der Waals surface area contributed by atoms with Crippen LogP contribution >= 0.6 is 11.3 Å². The molecule has 168 valence electrons. The summed E-state index contributed by atoms with van der Waals surface area (Å²) in [5.41, 5.74) is 3.34.